The smallest absolute Gasteiger partial charge is 0.0270 e. The summed E-state index contributed by atoms with van der Waals surface area (Å²) in [5.41, 5.74) is 0. The molecule has 0 aromatic rings. The topological polar surface area (TPSA) is 15.3 Å². The summed E-state index contributed by atoms with van der Waals surface area (Å²) in [5.74, 6) is 0.986. The van der Waals surface area contributed by atoms with Gasteiger partial charge in [-0.3, -0.25) is 0 Å². The van der Waals surface area contributed by atoms with Crippen LogP contribution in [0.3, 0.4) is 0 Å². The van der Waals surface area contributed by atoms with Crippen LogP contribution in [0.5, 0.6) is 0 Å². The Kier molecular flexibility index (Phi) is 0.866. The molecule has 46 valence electrons. The molecule has 0 aliphatic carbocycles. The monoisotopic (exact) mass is 112 g/mol. The van der Waals surface area contributed by atoms with Crippen LogP contribution < -0.4 is 5.32 Å². The maximum absolute atomic E-state index is 3.37. The van der Waals surface area contributed by atoms with Crippen LogP contribution in [0, 0.1) is 5.92 Å². The normalized spacial score (nSPS) is 46.1. The van der Waals surface area contributed by atoms with Crippen molar-refractivity contribution in [3.63, 3.8) is 0 Å². The van der Waals surface area contributed by atoms with E-state index in [1.807, 2.05) is 0 Å². The lowest BCUT2D eigenvalue weighted by Crippen LogP contribution is -2.52. The SMILES string of the molecule is CN1CC2CNCC21. The number of nitrogens with one attached hydrogen (secondary N) is 1. The molecule has 1 N–H and O–H groups in total. The molecule has 0 amide bonds. The Morgan fingerprint density at radius 3 is 2.88 bits per heavy atom. The van der Waals surface area contributed by atoms with Crippen molar-refractivity contribution in [2.45, 2.75) is 6.04 Å². The predicted molar refractivity (Wildman–Crippen MR) is 32.8 cm³/mol. The molecule has 2 aliphatic heterocycles. The number of likely N-dealkylation sites (tertiary alicyclic amines) is 1. The zero-order valence-corrected chi connectivity index (χ0v) is 5.22. The van der Waals surface area contributed by atoms with E-state index >= 15 is 0 Å². The van der Waals surface area contributed by atoms with E-state index in [1.54, 1.807) is 0 Å². The van der Waals surface area contributed by atoms with E-state index in [2.05, 4.69) is 17.3 Å². The van der Waals surface area contributed by atoms with Gasteiger partial charge in [0.1, 0.15) is 0 Å². The van der Waals surface area contributed by atoms with Gasteiger partial charge in [-0.25, -0.2) is 0 Å². The minimum absolute atomic E-state index is 0.884. The molecule has 2 heteroatoms. The summed E-state index contributed by atoms with van der Waals surface area (Å²) in [6.45, 7) is 3.80. The standard InChI is InChI=1S/C6H12N2/c1-8-4-5-2-7-3-6(5)8/h5-7H,2-4H2,1H3. The summed E-state index contributed by atoms with van der Waals surface area (Å²) in [4.78, 5) is 2.42. The number of fused-ring (bicyclic) bond motifs is 1. The van der Waals surface area contributed by atoms with Crippen molar-refractivity contribution in [2.24, 2.45) is 5.92 Å². The van der Waals surface area contributed by atoms with E-state index in [-0.39, 0.29) is 0 Å². The average molecular weight is 112 g/mol. The van der Waals surface area contributed by atoms with E-state index in [1.165, 1.54) is 19.6 Å². The van der Waals surface area contributed by atoms with Crippen LogP contribution in [-0.4, -0.2) is 37.6 Å². The highest BCUT2D eigenvalue weighted by Gasteiger charge is 2.39. The fourth-order valence-electron chi connectivity index (χ4n) is 1.79. The third-order valence-corrected chi connectivity index (χ3v) is 2.39. The molecule has 2 unspecified atom stereocenters. The van der Waals surface area contributed by atoms with Crippen LogP contribution in [0.15, 0.2) is 0 Å². The van der Waals surface area contributed by atoms with Crippen molar-refractivity contribution in [2.75, 3.05) is 26.7 Å². The summed E-state index contributed by atoms with van der Waals surface area (Å²) in [5, 5.41) is 3.37. The first kappa shape index (κ1) is 4.77. The lowest BCUT2D eigenvalue weighted by Gasteiger charge is -2.40. The number of hydrogen-bond acceptors (Lipinski definition) is 2. The fourth-order valence-corrected chi connectivity index (χ4v) is 1.79. The fraction of sp³-hybridized carbons (Fsp3) is 1.00. The molecule has 0 spiro atoms. The van der Waals surface area contributed by atoms with Gasteiger partial charge in [-0.15, -0.1) is 0 Å². The molecule has 2 atom stereocenters. The molecular weight excluding hydrogens is 100 g/mol. The molecule has 0 saturated carbocycles. The van der Waals surface area contributed by atoms with Gasteiger partial charge < -0.3 is 10.2 Å². The predicted octanol–water partition coefficient (Wildman–Crippen LogP) is -0.480. The Morgan fingerprint density at radius 1 is 1.50 bits per heavy atom. The minimum Gasteiger partial charge on any atom is -0.315 e. The highest BCUT2D eigenvalue weighted by atomic mass is 15.3. The Hall–Kier alpha value is -0.0800. The summed E-state index contributed by atoms with van der Waals surface area (Å²) in [7, 11) is 2.20. The van der Waals surface area contributed by atoms with Crippen molar-refractivity contribution in [3.8, 4) is 0 Å². The largest absolute Gasteiger partial charge is 0.315 e. The summed E-state index contributed by atoms with van der Waals surface area (Å²) in [6, 6.07) is 0.884. The van der Waals surface area contributed by atoms with Crippen molar-refractivity contribution in [3.05, 3.63) is 0 Å². The number of rotatable bonds is 0. The summed E-state index contributed by atoms with van der Waals surface area (Å²) < 4.78 is 0. The molecule has 0 aromatic heterocycles. The van der Waals surface area contributed by atoms with Gasteiger partial charge >= 0.3 is 0 Å². The summed E-state index contributed by atoms with van der Waals surface area (Å²) >= 11 is 0. The van der Waals surface area contributed by atoms with Gasteiger partial charge in [0, 0.05) is 31.6 Å². The Balaban J connectivity index is 2.02. The number of likely N-dealkylation sites (N-methyl/N-ethyl adjacent to an activating group) is 1. The van der Waals surface area contributed by atoms with E-state index in [9.17, 15) is 0 Å². The highest BCUT2D eigenvalue weighted by molar-refractivity contribution is 4.96. The molecule has 0 aromatic carbocycles. The first-order chi connectivity index (χ1) is 3.88. The number of nitrogens with zero attached hydrogens (tertiary/aromatic N) is 1. The molecule has 0 radical (unpaired) electrons. The maximum atomic E-state index is 3.37. The maximum Gasteiger partial charge on any atom is 0.0270 e. The molecule has 8 heavy (non-hydrogen) atoms. The zero-order valence-electron chi connectivity index (χ0n) is 5.22. The van der Waals surface area contributed by atoms with Gasteiger partial charge in [-0.05, 0) is 7.05 Å². The lowest BCUT2D eigenvalue weighted by atomic mass is 9.93. The summed E-state index contributed by atoms with van der Waals surface area (Å²) in [6.07, 6.45) is 0. The van der Waals surface area contributed by atoms with Crippen molar-refractivity contribution >= 4 is 0 Å². The van der Waals surface area contributed by atoms with Crippen LogP contribution in [0.2, 0.25) is 0 Å². The molecule has 2 saturated heterocycles. The van der Waals surface area contributed by atoms with Gasteiger partial charge in [-0.1, -0.05) is 0 Å². The second kappa shape index (κ2) is 1.45. The van der Waals surface area contributed by atoms with Crippen LogP contribution in [0.25, 0.3) is 0 Å². The highest BCUT2D eigenvalue weighted by Crippen LogP contribution is 2.24. The molecule has 2 nitrogen and oxygen atoms in total. The van der Waals surface area contributed by atoms with Crippen LogP contribution >= 0.6 is 0 Å². The van der Waals surface area contributed by atoms with E-state index in [0.717, 1.165) is 12.0 Å². The Morgan fingerprint density at radius 2 is 2.38 bits per heavy atom. The van der Waals surface area contributed by atoms with Gasteiger partial charge in [-0.2, -0.15) is 0 Å². The third kappa shape index (κ3) is 0.446. The quantitative estimate of drug-likeness (QED) is 0.455. The van der Waals surface area contributed by atoms with Crippen LogP contribution in [-0.2, 0) is 0 Å². The number of hydrogen-bond donors (Lipinski definition) is 1. The Bertz CT molecular complexity index is 103. The van der Waals surface area contributed by atoms with E-state index < -0.39 is 0 Å². The first-order valence-electron chi connectivity index (χ1n) is 3.29. The molecule has 0 bridgehead atoms. The van der Waals surface area contributed by atoms with Crippen molar-refractivity contribution < 1.29 is 0 Å². The first-order valence-corrected chi connectivity index (χ1v) is 3.29. The molecule has 2 aliphatic rings. The second-order valence-electron chi connectivity index (χ2n) is 2.93. The van der Waals surface area contributed by atoms with Gasteiger partial charge in [0.25, 0.3) is 0 Å². The van der Waals surface area contributed by atoms with Gasteiger partial charge in [0.2, 0.25) is 0 Å². The third-order valence-electron chi connectivity index (χ3n) is 2.39. The molecule has 2 fully saturated rings. The van der Waals surface area contributed by atoms with Crippen LogP contribution in [0.4, 0.5) is 0 Å². The molecule has 2 heterocycles. The second-order valence-corrected chi connectivity index (χ2v) is 2.93. The van der Waals surface area contributed by atoms with Gasteiger partial charge in [0.05, 0.1) is 0 Å². The Labute approximate surface area is 49.9 Å². The minimum atomic E-state index is 0.884. The molecule has 2 rings (SSSR count). The van der Waals surface area contributed by atoms with Crippen molar-refractivity contribution in [1.29, 1.82) is 0 Å². The van der Waals surface area contributed by atoms with Gasteiger partial charge in [0.15, 0.2) is 0 Å². The average Bonchev–Trinajstić information content (AvgIpc) is 2.09. The van der Waals surface area contributed by atoms with E-state index in [0.29, 0.717) is 0 Å². The molecular formula is C6H12N2. The lowest BCUT2D eigenvalue weighted by molar-refractivity contribution is 0.0827. The van der Waals surface area contributed by atoms with E-state index in [4.69, 9.17) is 0 Å². The van der Waals surface area contributed by atoms with Crippen molar-refractivity contribution in [1.82, 2.24) is 10.2 Å². The van der Waals surface area contributed by atoms with Crippen LogP contribution in [0.1, 0.15) is 0 Å². The zero-order chi connectivity index (χ0) is 5.56.